The normalized spacial score (nSPS) is 11.6. The molecule has 0 spiro atoms. The van der Waals surface area contributed by atoms with Gasteiger partial charge in [0.2, 0.25) is 0 Å². The molecule has 0 aliphatic heterocycles. The highest BCUT2D eigenvalue weighted by molar-refractivity contribution is 7.99. The van der Waals surface area contributed by atoms with E-state index in [-0.39, 0.29) is 10.6 Å². The number of nitrogens with one attached hydrogen (secondary N) is 1. The summed E-state index contributed by atoms with van der Waals surface area (Å²) in [7, 11) is 1.16. The zero-order valence-electron chi connectivity index (χ0n) is 17.2. The van der Waals surface area contributed by atoms with Gasteiger partial charge in [0.05, 0.1) is 28.7 Å². The number of hydrogen-bond donors (Lipinski definition) is 1. The Labute approximate surface area is 184 Å². The van der Waals surface area contributed by atoms with Crippen LogP contribution in [0.25, 0.3) is 11.0 Å². The summed E-state index contributed by atoms with van der Waals surface area (Å²) in [6.07, 6.45) is 0. The SMILES string of the molecule is COc1ccc(Sc2cc3c(cc2NS(=O)(=O)c2ccccc2)n(C)c(=O)n3C)cc1. The van der Waals surface area contributed by atoms with Crippen LogP contribution in [0.5, 0.6) is 5.75 Å². The molecular weight excluding hydrogens is 434 g/mol. The summed E-state index contributed by atoms with van der Waals surface area (Å²) in [4.78, 5) is 14.2. The highest BCUT2D eigenvalue weighted by Gasteiger charge is 2.19. The Morgan fingerprint density at radius 2 is 1.52 bits per heavy atom. The fourth-order valence-corrected chi connectivity index (χ4v) is 5.34. The average Bonchev–Trinajstić information content (AvgIpc) is 2.98. The Morgan fingerprint density at radius 1 is 0.903 bits per heavy atom. The van der Waals surface area contributed by atoms with Crippen molar-refractivity contribution in [2.75, 3.05) is 11.8 Å². The van der Waals surface area contributed by atoms with Crippen LogP contribution >= 0.6 is 11.8 Å². The summed E-state index contributed by atoms with van der Waals surface area (Å²) in [5.74, 6) is 0.732. The molecule has 0 unspecified atom stereocenters. The van der Waals surface area contributed by atoms with Gasteiger partial charge in [0.15, 0.2) is 0 Å². The van der Waals surface area contributed by atoms with Gasteiger partial charge in [-0.1, -0.05) is 30.0 Å². The monoisotopic (exact) mass is 455 g/mol. The van der Waals surface area contributed by atoms with Gasteiger partial charge < -0.3 is 4.74 Å². The largest absolute Gasteiger partial charge is 0.497 e. The summed E-state index contributed by atoms with van der Waals surface area (Å²) in [6.45, 7) is 0. The number of nitrogens with zero attached hydrogens (tertiary/aromatic N) is 2. The molecule has 0 bridgehead atoms. The van der Waals surface area contributed by atoms with Crippen molar-refractivity contribution in [3.05, 3.63) is 77.2 Å². The minimum Gasteiger partial charge on any atom is -0.497 e. The average molecular weight is 456 g/mol. The minimum atomic E-state index is -3.80. The molecule has 0 amide bonds. The summed E-state index contributed by atoms with van der Waals surface area (Å²) in [5.41, 5.74) is 1.57. The first-order valence-corrected chi connectivity index (χ1v) is 11.7. The number of ether oxygens (including phenoxy) is 1. The highest BCUT2D eigenvalue weighted by atomic mass is 32.2. The molecule has 1 heterocycles. The fourth-order valence-electron chi connectivity index (χ4n) is 3.26. The van der Waals surface area contributed by atoms with E-state index >= 15 is 0 Å². The number of benzene rings is 3. The van der Waals surface area contributed by atoms with Crippen molar-refractivity contribution in [1.29, 1.82) is 0 Å². The Bertz CT molecular complexity index is 1410. The van der Waals surface area contributed by atoms with E-state index in [1.54, 1.807) is 50.0 Å². The topological polar surface area (TPSA) is 82.3 Å². The van der Waals surface area contributed by atoms with Gasteiger partial charge in [0.25, 0.3) is 10.0 Å². The smallest absolute Gasteiger partial charge is 0.328 e. The van der Waals surface area contributed by atoms with Crippen LogP contribution < -0.4 is 15.1 Å². The summed E-state index contributed by atoms with van der Waals surface area (Å²) in [5, 5.41) is 0. The lowest BCUT2D eigenvalue weighted by atomic mass is 10.3. The summed E-state index contributed by atoms with van der Waals surface area (Å²) >= 11 is 1.40. The number of imidazole rings is 1. The number of rotatable bonds is 6. The van der Waals surface area contributed by atoms with Crippen molar-refractivity contribution < 1.29 is 13.2 Å². The number of fused-ring (bicyclic) bond motifs is 1. The van der Waals surface area contributed by atoms with Crippen LogP contribution in [0, 0.1) is 0 Å². The van der Waals surface area contributed by atoms with E-state index in [4.69, 9.17) is 4.74 Å². The lowest BCUT2D eigenvalue weighted by Crippen LogP contribution is -2.19. The molecule has 3 aromatic carbocycles. The molecule has 0 aliphatic rings. The standard InChI is InChI=1S/C22H21N3O4S2/c1-24-19-13-18(23-31(27,28)17-7-5-4-6-8-17)21(14-20(19)25(2)22(24)26)30-16-11-9-15(29-3)10-12-16/h4-14,23H,1-3H3. The number of sulfonamides is 1. The van der Waals surface area contributed by atoms with E-state index in [1.165, 1.54) is 28.5 Å². The molecule has 0 saturated heterocycles. The molecule has 4 rings (SSSR count). The highest BCUT2D eigenvalue weighted by Crippen LogP contribution is 2.37. The molecule has 0 aliphatic carbocycles. The van der Waals surface area contributed by atoms with Crippen LogP contribution in [-0.4, -0.2) is 24.7 Å². The molecule has 0 saturated carbocycles. The second kappa shape index (κ2) is 8.16. The number of aryl methyl sites for hydroxylation is 2. The number of methoxy groups -OCH3 is 1. The van der Waals surface area contributed by atoms with Crippen molar-refractivity contribution in [2.45, 2.75) is 14.7 Å². The van der Waals surface area contributed by atoms with Crippen LogP contribution in [0.4, 0.5) is 5.69 Å². The first-order valence-electron chi connectivity index (χ1n) is 9.39. The van der Waals surface area contributed by atoms with Gasteiger partial charge in [-0.3, -0.25) is 13.9 Å². The van der Waals surface area contributed by atoms with E-state index < -0.39 is 10.0 Å². The first-order chi connectivity index (χ1) is 14.8. The van der Waals surface area contributed by atoms with Crippen molar-refractivity contribution in [2.24, 2.45) is 14.1 Å². The van der Waals surface area contributed by atoms with Crippen LogP contribution in [0.2, 0.25) is 0 Å². The number of aromatic nitrogens is 2. The number of anilines is 1. The maximum Gasteiger partial charge on any atom is 0.328 e. The summed E-state index contributed by atoms with van der Waals surface area (Å²) in [6, 6.07) is 19.2. The van der Waals surface area contributed by atoms with Gasteiger partial charge in [0.1, 0.15) is 5.75 Å². The van der Waals surface area contributed by atoms with Crippen molar-refractivity contribution >= 4 is 38.5 Å². The third-order valence-electron chi connectivity index (χ3n) is 4.96. The minimum absolute atomic E-state index is 0.164. The molecule has 0 fully saturated rings. The van der Waals surface area contributed by atoms with E-state index in [0.717, 1.165) is 10.6 Å². The van der Waals surface area contributed by atoms with Crippen LogP contribution in [0.1, 0.15) is 0 Å². The summed E-state index contributed by atoms with van der Waals surface area (Å²) < 4.78 is 36.9. The predicted molar refractivity (Wildman–Crippen MR) is 123 cm³/mol. The van der Waals surface area contributed by atoms with E-state index in [0.29, 0.717) is 21.6 Å². The Balaban J connectivity index is 1.84. The molecule has 9 heteroatoms. The third-order valence-corrected chi connectivity index (χ3v) is 7.41. The lowest BCUT2D eigenvalue weighted by Gasteiger charge is -2.14. The quantitative estimate of drug-likeness (QED) is 0.478. The Morgan fingerprint density at radius 3 is 2.13 bits per heavy atom. The van der Waals surface area contributed by atoms with Gasteiger partial charge in [0, 0.05) is 23.9 Å². The third kappa shape index (κ3) is 4.06. The Kier molecular flexibility index (Phi) is 5.55. The molecule has 160 valence electrons. The van der Waals surface area contributed by atoms with Crippen molar-refractivity contribution in [1.82, 2.24) is 9.13 Å². The van der Waals surface area contributed by atoms with Gasteiger partial charge in [-0.15, -0.1) is 0 Å². The lowest BCUT2D eigenvalue weighted by molar-refractivity contribution is 0.414. The molecule has 31 heavy (non-hydrogen) atoms. The van der Waals surface area contributed by atoms with Gasteiger partial charge in [-0.2, -0.15) is 0 Å². The Hall–Kier alpha value is -3.17. The molecule has 0 radical (unpaired) electrons. The number of hydrogen-bond acceptors (Lipinski definition) is 5. The van der Waals surface area contributed by atoms with Crippen LogP contribution in [0.15, 0.2) is 86.2 Å². The van der Waals surface area contributed by atoms with Gasteiger partial charge in [-0.05, 0) is 48.5 Å². The predicted octanol–water partition coefficient (Wildman–Crippen LogP) is 3.84. The zero-order valence-corrected chi connectivity index (χ0v) is 18.8. The first kappa shape index (κ1) is 21.1. The van der Waals surface area contributed by atoms with Crippen LogP contribution in [-0.2, 0) is 24.1 Å². The second-order valence-electron chi connectivity index (χ2n) is 6.93. The van der Waals surface area contributed by atoms with E-state index in [1.807, 2.05) is 30.3 Å². The molecular formula is C22H21N3O4S2. The van der Waals surface area contributed by atoms with Crippen molar-refractivity contribution in [3.8, 4) is 5.75 Å². The maximum atomic E-state index is 13.0. The molecule has 1 aromatic heterocycles. The van der Waals surface area contributed by atoms with Gasteiger partial charge >= 0.3 is 5.69 Å². The van der Waals surface area contributed by atoms with Crippen molar-refractivity contribution in [3.63, 3.8) is 0 Å². The molecule has 1 N–H and O–H groups in total. The van der Waals surface area contributed by atoms with E-state index in [9.17, 15) is 13.2 Å². The fraction of sp³-hybridized carbons (Fsp3) is 0.136. The van der Waals surface area contributed by atoms with Crippen LogP contribution in [0.3, 0.4) is 0 Å². The maximum absolute atomic E-state index is 13.0. The molecule has 4 aromatic rings. The second-order valence-corrected chi connectivity index (χ2v) is 9.73. The molecule has 7 nitrogen and oxygen atoms in total. The molecule has 0 atom stereocenters. The van der Waals surface area contributed by atoms with Gasteiger partial charge in [-0.25, -0.2) is 13.2 Å². The zero-order chi connectivity index (χ0) is 22.2. The van der Waals surface area contributed by atoms with E-state index in [2.05, 4.69) is 4.72 Å².